The highest BCUT2D eigenvalue weighted by Crippen LogP contribution is 2.47. The van der Waals surface area contributed by atoms with Crippen LogP contribution >= 0.6 is 0 Å². The lowest BCUT2D eigenvalue weighted by atomic mass is 9.72. The number of benzene rings is 1. The van der Waals surface area contributed by atoms with Crippen LogP contribution < -0.4 is 4.74 Å². The third kappa shape index (κ3) is 1.57. The highest BCUT2D eigenvalue weighted by molar-refractivity contribution is 5.57. The summed E-state index contributed by atoms with van der Waals surface area (Å²) in [5, 5.41) is 10.1. The van der Waals surface area contributed by atoms with Gasteiger partial charge in [0.15, 0.2) is 11.5 Å². The van der Waals surface area contributed by atoms with Gasteiger partial charge >= 0.3 is 0 Å². The minimum atomic E-state index is 0.101. The molecule has 0 fully saturated rings. The zero-order valence-electron chi connectivity index (χ0n) is 10.6. The summed E-state index contributed by atoms with van der Waals surface area (Å²) >= 11 is 0. The maximum Gasteiger partial charge on any atom is 0.164 e. The molecular formula is C14H20O2. The van der Waals surface area contributed by atoms with Crippen molar-refractivity contribution < 1.29 is 9.84 Å². The quantitative estimate of drug-likeness (QED) is 0.786. The van der Waals surface area contributed by atoms with Crippen molar-refractivity contribution in [2.24, 2.45) is 0 Å². The molecule has 0 radical (unpaired) electrons. The van der Waals surface area contributed by atoms with Gasteiger partial charge in [-0.05, 0) is 42.7 Å². The van der Waals surface area contributed by atoms with Crippen molar-refractivity contribution in [2.75, 3.05) is 7.11 Å². The normalized spacial score (nSPS) is 18.0. The molecule has 88 valence electrons. The van der Waals surface area contributed by atoms with Crippen LogP contribution in [0.25, 0.3) is 0 Å². The molecule has 0 aromatic heterocycles. The zero-order valence-corrected chi connectivity index (χ0v) is 10.6. The maximum atomic E-state index is 10.1. The van der Waals surface area contributed by atoms with E-state index >= 15 is 0 Å². The fraction of sp³-hybridized carbons (Fsp3) is 0.571. The van der Waals surface area contributed by atoms with E-state index in [1.54, 1.807) is 7.11 Å². The average molecular weight is 220 g/mol. The number of methoxy groups -OCH3 is 1. The van der Waals surface area contributed by atoms with Crippen LogP contribution in [0.15, 0.2) is 6.07 Å². The summed E-state index contributed by atoms with van der Waals surface area (Å²) in [4.78, 5) is 0. The Balaban J connectivity index is 2.72. The number of aryl methyl sites for hydroxylation is 2. The van der Waals surface area contributed by atoms with Crippen LogP contribution in [0.5, 0.6) is 11.5 Å². The van der Waals surface area contributed by atoms with E-state index in [4.69, 9.17) is 4.74 Å². The zero-order chi connectivity index (χ0) is 11.9. The Morgan fingerprint density at radius 2 is 2.06 bits per heavy atom. The summed E-state index contributed by atoms with van der Waals surface area (Å²) in [6.07, 6.45) is 3.46. The van der Waals surface area contributed by atoms with Crippen LogP contribution in [0, 0.1) is 6.92 Å². The Hall–Kier alpha value is -1.18. The predicted octanol–water partition coefficient (Wildman–Crippen LogP) is 3.32. The number of hydrogen-bond acceptors (Lipinski definition) is 2. The van der Waals surface area contributed by atoms with Crippen LogP contribution in [0.4, 0.5) is 0 Å². The van der Waals surface area contributed by atoms with E-state index < -0.39 is 0 Å². The van der Waals surface area contributed by atoms with E-state index in [0.717, 1.165) is 18.4 Å². The second kappa shape index (κ2) is 3.69. The molecule has 0 aliphatic heterocycles. The smallest absolute Gasteiger partial charge is 0.164 e. The van der Waals surface area contributed by atoms with Crippen molar-refractivity contribution in [3.05, 3.63) is 22.8 Å². The van der Waals surface area contributed by atoms with E-state index in [2.05, 4.69) is 19.9 Å². The van der Waals surface area contributed by atoms with Crippen molar-refractivity contribution >= 4 is 0 Å². The molecule has 1 N–H and O–H groups in total. The van der Waals surface area contributed by atoms with Gasteiger partial charge in [-0.15, -0.1) is 0 Å². The van der Waals surface area contributed by atoms with E-state index in [9.17, 15) is 5.11 Å². The maximum absolute atomic E-state index is 10.1. The summed E-state index contributed by atoms with van der Waals surface area (Å²) in [5.74, 6) is 0.982. The highest BCUT2D eigenvalue weighted by atomic mass is 16.5. The van der Waals surface area contributed by atoms with E-state index in [-0.39, 0.29) is 5.41 Å². The van der Waals surface area contributed by atoms with Crippen molar-refractivity contribution in [3.63, 3.8) is 0 Å². The third-order valence-electron chi connectivity index (χ3n) is 3.66. The first-order chi connectivity index (χ1) is 7.47. The first-order valence-corrected chi connectivity index (χ1v) is 5.87. The first-order valence-electron chi connectivity index (χ1n) is 5.87. The van der Waals surface area contributed by atoms with Gasteiger partial charge in [-0.25, -0.2) is 0 Å². The van der Waals surface area contributed by atoms with Gasteiger partial charge in [-0.2, -0.15) is 0 Å². The number of phenols is 1. The van der Waals surface area contributed by atoms with Crippen molar-refractivity contribution in [2.45, 2.75) is 45.4 Å². The molecule has 2 nitrogen and oxygen atoms in total. The molecule has 1 aliphatic rings. The standard InChI is InChI=1S/C14H20O2/c1-9-8-10-6-5-7-14(2,3)11(10)13(16-4)12(9)15/h8,15H,5-7H2,1-4H3. The van der Waals surface area contributed by atoms with Gasteiger partial charge < -0.3 is 9.84 Å². The van der Waals surface area contributed by atoms with Gasteiger partial charge in [0.1, 0.15) is 0 Å². The third-order valence-corrected chi connectivity index (χ3v) is 3.66. The molecule has 0 saturated carbocycles. The Kier molecular flexibility index (Phi) is 2.61. The average Bonchev–Trinajstić information content (AvgIpc) is 2.20. The summed E-state index contributed by atoms with van der Waals surface area (Å²) in [7, 11) is 1.64. The highest BCUT2D eigenvalue weighted by Gasteiger charge is 2.32. The molecule has 0 unspecified atom stereocenters. The number of ether oxygens (including phenoxy) is 1. The summed E-state index contributed by atoms with van der Waals surface area (Å²) in [5.41, 5.74) is 3.55. The minimum Gasteiger partial charge on any atom is -0.504 e. The molecule has 2 heteroatoms. The second-order valence-electron chi connectivity index (χ2n) is 5.35. The van der Waals surface area contributed by atoms with Gasteiger partial charge in [0.25, 0.3) is 0 Å². The topological polar surface area (TPSA) is 29.5 Å². The van der Waals surface area contributed by atoms with Gasteiger partial charge in [0, 0.05) is 5.56 Å². The number of phenolic OH excluding ortho intramolecular Hbond substituents is 1. The number of fused-ring (bicyclic) bond motifs is 1. The molecule has 0 atom stereocenters. The monoisotopic (exact) mass is 220 g/mol. The SMILES string of the molecule is COc1c(O)c(C)cc2c1C(C)(C)CCC2. The van der Waals surface area contributed by atoms with Gasteiger partial charge in [0.2, 0.25) is 0 Å². The van der Waals surface area contributed by atoms with Crippen molar-refractivity contribution in [1.29, 1.82) is 0 Å². The van der Waals surface area contributed by atoms with Gasteiger partial charge in [-0.1, -0.05) is 19.9 Å². The Labute approximate surface area is 97.3 Å². The number of hydrogen-bond donors (Lipinski definition) is 1. The lowest BCUT2D eigenvalue weighted by molar-refractivity contribution is 0.341. The van der Waals surface area contributed by atoms with E-state index in [1.807, 2.05) is 6.92 Å². The first kappa shape index (κ1) is 11.3. The molecule has 1 aromatic carbocycles. The molecule has 0 heterocycles. The molecule has 0 bridgehead atoms. The van der Waals surface area contributed by atoms with Crippen molar-refractivity contribution in [3.8, 4) is 11.5 Å². The Morgan fingerprint density at radius 1 is 1.38 bits per heavy atom. The molecule has 0 amide bonds. The summed E-state index contributed by atoms with van der Waals surface area (Å²) in [6, 6.07) is 2.11. The lowest BCUT2D eigenvalue weighted by Gasteiger charge is -2.34. The lowest BCUT2D eigenvalue weighted by Crippen LogP contribution is -2.25. The van der Waals surface area contributed by atoms with Gasteiger partial charge in [-0.3, -0.25) is 0 Å². The second-order valence-corrected chi connectivity index (χ2v) is 5.35. The number of rotatable bonds is 1. The molecule has 0 saturated heterocycles. The molecule has 16 heavy (non-hydrogen) atoms. The van der Waals surface area contributed by atoms with Crippen LogP contribution in [0.1, 0.15) is 43.4 Å². The van der Waals surface area contributed by atoms with Crippen LogP contribution in [0.3, 0.4) is 0 Å². The predicted molar refractivity (Wildman–Crippen MR) is 65.4 cm³/mol. The molecular weight excluding hydrogens is 200 g/mol. The molecule has 0 spiro atoms. The summed E-state index contributed by atoms with van der Waals surface area (Å²) in [6.45, 7) is 6.38. The minimum absolute atomic E-state index is 0.101. The molecule has 2 rings (SSSR count). The largest absolute Gasteiger partial charge is 0.504 e. The van der Waals surface area contributed by atoms with E-state index in [0.29, 0.717) is 11.5 Å². The Bertz CT molecular complexity index is 419. The fourth-order valence-corrected chi connectivity index (χ4v) is 2.83. The summed E-state index contributed by atoms with van der Waals surface area (Å²) < 4.78 is 5.41. The van der Waals surface area contributed by atoms with Crippen LogP contribution in [0.2, 0.25) is 0 Å². The fourth-order valence-electron chi connectivity index (χ4n) is 2.83. The molecule has 1 aromatic rings. The van der Waals surface area contributed by atoms with Crippen LogP contribution in [-0.4, -0.2) is 12.2 Å². The molecule has 1 aliphatic carbocycles. The van der Waals surface area contributed by atoms with Crippen LogP contribution in [-0.2, 0) is 11.8 Å². The number of aromatic hydroxyl groups is 1. The van der Waals surface area contributed by atoms with E-state index in [1.165, 1.54) is 17.5 Å². The van der Waals surface area contributed by atoms with Crippen molar-refractivity contribution in [1.82, 2.24) is 0 Å². The Morgan fingerprint density at radius 3 is 2.69 bits per heavy atom. The van der Waals surface area contributed by atoms with Gasteiger partial charge in [0.05, 0.1) is 7.11 Å².